The predicted octanol–water partition coefficient (Wildman–Crippen LogP) is 4.10. The number of carbonyl (C=O) groups is 1. The lowest BCUT2D eigenvalue weighted by Gasteiger charge is -2.25. The molecule has 1 aliphatic rings. The van der Waals surface area contributed by atoms with Crippen molar-refractivity contribution in [1.82, 2.24) is 0 Å². The molecule has 1 aliphatic heterocycles. The van der Waals surface area contributed by atoms with Crippen LogP contribution >= 0.6 is 0 Å². The molecule has 1 heterocycles. The Kier molecular flexibility index (Phi) is 5.43. The van der Waals surface area contributed by atoms with Crippen molar-refractivity contribution in [2.24, 2.45) is 0 Å². The Bertz CT molecular complexity index is 929. The van der Waals surface area contributed by atoms with E-state index in [1.165, 1.54) is 0 Å². The second-order valence-corrected chi connectivity index (χ2v) is 6.58. The van der Waals surface area contributed by atoms with Gasteiger partial charge in [-0.2, -0.15) is 0 Å². The van der Waals surface area contributed by atoms with Crippen molar-refractivity contribution in [3.63, 3.8) is 0 Å². The number of benzene rings is 3. The Morgan fingerprint density at radius 3 is 2.29 bits per heavy atom. The highest BCUT2D eigenvalue weighted by Crippen LogP contribution is 2.32. The van der Waals surface area contributed by atoms with E-state index in [0.717, 1.165) is 11.3 Å². The van der Waals surface area contributed by atoms with Crippen molar-refractivity contribution in [3.8, 4) is 11.5 Å². The molecule has 0 aliphatic carbocycles. The van der Waals surface area contributed by atoms with Gasteiger partial charge in [-0.3, -0.25) is 4.79 Å². The summed E-state index contributed by atoms with van der Waals surface area (Å²) in [5, 5.41) is 2.96. The second-order valence-electron chi connectivity index (χ2n) is 6.58. The number of carbonyl (C=O) groups excluding carboxylic acids is 1. The van der Waals surface area contributed by atoms with Gasteiger partial charge in [0.05, 0.1) is 6.54 Å². The van der Waals surface area contributed by atoms with Gasteiger partial charge < -0.3 is 19.7 Å². The first-order valence-electron chi connectivity index (χ1n) is 9.31. The minimum absolute atomic E-state index is 0.0866. The minimum Gasteiger partial charge on any atom is -0.486 e. The number of rotatable bonds is 6. The molecule has 142 valence electrons. The second kappa shape index (κ2) is 8.48. The average molecular weight is 374 g/mol. The third-order valence-electron chi connectivity index (χ3n) is 4.50. The predicted molar refractivity (Wildman–Crippen MR) is 110 cm³/mol. The number of fused-ring (bicyclic) bond motifs is 1. The van der Waals surface area contributed by atoms with Crippen LogP contribution in [0.25, 0.3) is 0 Å². The fourth-order valence-corrected chi connectivity index (χ4v) is 3.18. The molecule has 0 spiro atoms. The van der Waals surface area contributed by atoms with Crippen LogP contribution in [0.4, 0.5) is 11.4 Å². The number of hydrogen-bond donors (Lipinski definition) is 1. The molecule has 3 aromatic rings. The summed E-state index contributed by atoms with van der Waals surface area (Å²) in [4.78, 5) is 14.8. The van der Waals surface area contributed by atoms with Crippen molar-refractivity contribution in [1.29, 1.82) is 0 Å². The lowest BCUT2D eigenvalue weighted by atomic mass is 10.2. The number of para-hydroxylation sites is 1. The van der Waals surface area contributed by atoms with Crippen LogP contribution in [-0.4, -0.2) is 25.7 Å². The van der Waals surface area contributed by atoms with Crippen molar-refractivity contribution in [2.45, 2.75) is 6.54 Å². The summed E-state index contributed by atoms with van der Waals surface area (Å²) >= 11 is 0. The molecule has 0 atom stereocenters. The van der Waals surface area contributed by atoms with Gasteiger partial charge in [-0.15, -0.1) is 0 Å². The summed E-state index contributed by atoms with van der Waals surface area (Å²) < 4.78 is 11.1. The molecular formula is C23H22N2O3. The van der Waals surface area contributed by atoms with Crippen LogP contribution in [0.5, 0.6) is 11.5 Å². The Hall–Kier alpha value is -3.47. The molecule has 1 N–H and O–H groups in total. The number of hydrogen-bond acceptors (Lipinski definition) is 4. The highest BCUT2D eigenvalue weighted by molar-refractivity contribution is 5.94. The standard InChI is InChI=1S/C23H22N2O3/c26-23(24-19-11-12-21-22(15-19)28-14-13-27-21)17-25(20-9-5-2-6-10-20)16-18-7-3-1-4-8-18/h1-12,15H,13-14,16-17H2,(H,24,26). The molecule has 1 amide bonds. The van der Waals surface area contributed by atoms with Crippen LogP contribution in [0.3, 0.4) is 0 Å². The third kappa shape index (κ3) is 4.43. The van der Waals surface area contributed by atoms with Gasteiger partial charge in [-0.1, -0.05) is 48.5 Å². The largest absolute Gasteiger partial charge is 0.486 e. The van der Waals surface area contributed by atoms with E-state index < -0.39 is 0 Å². The Morgan fingerprint density at radius 1 is 0.857 bits per heavy atom. The summed E-state index contributed by atoms with van der Waals surface area (Å²) in [6.07, 6.45) is 0. The van der Waals surface area contributed by atoms with Gasteiger partial charge in [0.25, 0.3) is 0 Å². The van der Waals surface area contributed by atoms with Gasteiger partial charge in [0, 0.05) is 24.0 Å². The first-order chi connectivity index (χ1) is 13.8. The van der Waals surface area contributed by atoms with Crippen LogP contribution in [0.1, 0.15) is 5.56 Å². The molecule has 0 saturated carbocycles. The quantitative estimate of drug-likeness (QED) is 0.706. The van der Waals surface area contributed by atoms with Crippen LogP contribution in [0.2, 0.25) is 0 Å². The van der Waals surface area contributed by atoms with Gasteiger partial charge >= 0.3 is 0 Å². The van der Waals surface area contributed by atoms with E-state index in [2.05, 4.69) is 22.3 Å². The molecule has 0 radical (unpaired) electrons. The van der Waals surface area contributed by atoms with E-state index in [-0.39, 0.29) is 12.5 Å². The average Bonchev–Trinajstić information content (AvgIpc) is 2.74. The molecule has 28 heavy (non-hydrogen) atoms. The summed E-state index contributed by atoms with van der Waals surface area (Å²) in [6.45, 7) is 1.96. The number of anilines is 2. The molecule has 5 heteroatoms. The SMILES string of the molecule is O=C(CN(Cc1ccccc1)c1ccccc1)Nc1ccc2c(c1)OCCO2. The van der Waals surface area contributed by atoms with E-state index in [1.54, 1.807) is 6.07 Å². The van der Waals surface area contributed by atoms with E-state index in [4.69, 9.17) is 9.47 Å². The van der Waals surface area contributed by atoms with Crippen molar-refractivity contribution < 1.29 is 14.3 Å². The maximum absolute atomic E-state index is 12.7. The summed E-state index contributed by atoms with van der Waals surface area (Å²) in [7, 11) is 0. The normalized spacial score (nSPS) is 12.3. The van der Waals surface area contributed by atoms with E-state index >= 15 is 0 Å². The van der Waals surface area contributed by atoms with Gasteiger partial charge in [0.2, 0.25) is 5.91 Å². The van der Waals surface area contributed by atoms with E-state index in [1.807, 2.05) is 60.7 Å². The zero-order chi connectivity index (χ0) is 19.2. The minimum atomic E-state index is -0.0866. The summed E-state index contributed by atoms with van der Waals surface area (Å²) in [5.41, 5.74) is 2.85. The molecular weight excluding hydrogens is 352 g/mol. The first kappa shape index (κ1) is 17.9. The number of nitrogens with one attached hydrogen (secondary N) is 1. The maximum atomic E-state index is 12.7. The van der Waals surface area contributed by atoms with E-state index in [9.17, 15) is 4.79 Å². The van der Waals surface area contributed by atoms with Crippen LogP contribution in [0.15, 0.2) is 78.9 Å². The first-order valence-corrected chi connectivity index (χ1v) is 9.31. The van der Waals surface area contributed by atoms with E-state index in [0.29, 0.717) is 36.9 Å². The molecule has 5 nitrogen and oxygen atoms in total. The Morgan fingerprint density at radius 2 is 1.54 bits per heavy atom. The highest BCUT2D eigenvalue weighted by Gasteiger charge is 2.15. The molecule has 0 bridgehead atoms. The fourth-order valence-electron chi connectivity index (χ4n) is 3.18. The monoisotopic (exact) mass is 374 g/mol. The Balaban J connectivity index is 1.47. The highest BCUT2D eigenvalue weighted by atomic mass is 16.6. The van der Waals surface area contributed by atoms with Crippen LogP contribution < -0.4 is 19.7 Å². The molecule has 0 aromatic heterocycles. The molecule has 4 rings (SSSR count). The third-order valence-corrected chi connectivity index (χ3v) is 4.50. The van der Waals surface area contributed by atoms with Gasteiger partial charge in [-0.25, -0.2) is 0 Å². The van der Waals surface area contributed by atoms with Gasteiger partial charge in [-0.05, 0) is 29.8 Å². The molecule has 0 unspecified atom stereocenters. The fraction of sp³-hybridized carbons (Fsp3) is 0.174. The van der Waals surface area contributed by atoms with Crippen LogP contribution in [-0.2, 0) is 11.3 Å². The number of nitrogens with zero attached hydrogens (tertiary/aromatic N) is 1. The van der Waals surface area contributed by atoms with Crippen molar-refractivity contribution >= 4 is 17.3 Å². The zero-order valence-corrected chi connectivity index (χ0v) is 15.5. The summed E-state index contributed by atoms with van der Waals surface area (Å²) in [5.74, 6) is 1.28. The molecule has 3 aromatic carbocycles. The number of ether oxygens (including phenoxy) is 2. The van der Waals surface area contributed by atoms with Crippen molar-refractivity contribution in [3.05, 3.63) is 84.4 Å². The van der Waals surface area contributed by atoms with Gasteiger partial charge in [0.15, 0.2) is 11.5 Å². The lowest BCUT2D eigenvalue weighted by Crippen LogP contribution is -2.33. The van der Waals surface area contributed by atoms with Crippen molar-refractivity contribution in [2.75, 3.05) is 30.0 Å². The summed E-state index contributed by atoms with van der Waals surface area (Å²) in [6, 6.07) is 25.5. The van der Waals surface area contributed by atoms with Crippen LogP contribution in [0, 0.1) is 0 Å². The van der Waals surface area contributed by atoms with Gasteiger partial charge in [0.1, 0.15) is 13.2 Å². The Labute approximate surface area is 164 Å². The lowest BCUT2D eigenvalue weighted by molar-refractivity contribution is -0.115. The number of amides is 1. The molecule has 0 fully saturated rings. The molecule has 0 saturated heterocycles. The maximum Gasteiger partial charge on any atom is 0.243 e. The zero-order valence-electron chi connectivity index (χ0n) is 15.5. The smallest absolute Gasteiger partial charge is 0.243 e. The topological polar surface area (TPSA) is 50.8 Å².